The summed E-state index contributed by atoms with van der Waals surface area (Å²) in [7, 11) is 1.46. The average molecular weight is 269 g/mol. The summed E-state index contributed by atoms with van der Waals surface area (Å²) < 4.78 is 10.5. The van der Waals surface area contributed by atoms with Crippen molar-refractivity contribution in [2.45, 2.75) is 6.92 Å². The summed E-state index contributed by atoms with van der Waals surface area (Å²) in [4.78, 5) is 11.7. The third kappa shape index (κ3) is 3.28. The van der Waals surface area contributed by atoms with Gasteiger partial charge < -0.3 is 14.8 Å². The van der Waals surface area contributed by atoms with Gasteiger partial charge in [-0.3, -0.25) is 4.79 Å². The molecule has 0 aliphatic rings. The molecule has 0 aliphatic heterocycles. The lowest BCUT2D eigenvalue weighted by molar-refractivity contribution is 0.0958. The van der Waals surface area contributed by atoms with Gasteiger partial charge in [0.25, 0.3) is 5.91 Å². The molecule has 0 unspecified atom stereocenters. The first kappa shape index (κ1) is 14.1. The Balaban J connectivity index is 3.06. The first-order valence-electron chi connectivity index (χ1n) is 5.29. The van der Waals surface area contributed by atoms with Gasteiger partial charge in [0, 0.05) is 5.56 Å². The molecule has 0 heterocycles. The Labute approximate surface area is 110 Å². The highest BCUT2D eigenvalue weighted by Crippen LogP contribution is 2.36. The predicted molar refractivity (Wildman–Crippen MR) is 67.1 cm³/mol. The van der Waals surface area contributed by atoms with Crippen molar-refractivity contribution in [1.82, 2.24) is 5.32 Å². The van der Waals surface area contributed by atoms with E-state index in [2.05, 4.69) is 5.32 Å². The highest BCUT2D eigenvalue weighted by atomic mass is 35.5. The molecule has 1 rings (SSSR count). The van der Waals surface area contributed by atoms with Crippen LogP contribution < -0.4 is 14.8 Å². The number of nitrogens with one attached hydrogen (secondary N) is 1. The predicted octanol–water partition coefficient (Wildman–Crippen LogP) is 2.00. The van der Waals surface area contributed by atoms with Crippen LogP contribution in [0.15, 0.2) is 12.1 Å². The van der Waals surface area contributed by atoms with Crippen LogP contribution >= 0.6 is 11.6 Å². The van der Waals surface area contributed by atoms with E-state index in [1.807, 2.05) is 13.0 Å². The second-order valence-electron chi connectivity index (χ2n) is 3.26. The van der Waals surface area contributed by atoms with E-state index in [9.17, 15) is 4.79 Å². The van der Waals surface area contributed by atoms with Gasteiger partial charge in [0.1, 0.15) is 6.54 Å². The van der Waals surface area contributed by atoms with Crippen LogP contribution in [0.25, 0.3) is 0 Å². The second-order valence-corrected chi connectivity index (χ2v) is 3.67. The molecule has 0 bridgehead atoms. The van der Waals surface area contributed by atoms with E-state index in [0.717, 1.165) is 0 Å². The van der Waals surface area contributed by atoms with Crippen LogP contribution in [-0.2, 0) is 0 Å². The number of hydrogen-bond acceptors (Lipinski definition) is 4. The van der Waals surface area contributed by atoms with Crippen molar-refractivity contribution in [2.75, 3.05) is 20.3 Å². The maximum Gasteiger partial charge on any atom is 0.252 e. The number of hydrogen-bond donors (Lipinski definition) is 1. The lowest BCUT2D eigenvalue weighted by Crippen LogP contribution is -2.23. The van der Waals surface area contributed by atoms with E-state index in [4.69, 9.17) is 26.3 Å². The second kappa shape index (κ2) is 6.72. The summed E-state index contributed by atoms with van der Waals surface area (Å²) in [6, 6.07) is 4.81. The van der Waals surface area contributed by atoms with Crippen LogP contribution in [0.2, 0.25) is 5.02 Å². The lowest BCUT2D eigenvalue weighted by atomic mass is 10.2. The topological polar surface area (TPSA) is 71.3 Å². The van der Waals surface area contributed by atoms with E-state index in [0.29, 0.717) is 28.7 Å². The zero-order valence-electron chi connectivity index (χ0n) is 10.1. The Morgan fingerprint density at radius 3 is 2.83 bits per heavy atom. The SMILES string of the molecule is CCOc1c(Cl)cc(C(=O)NCC#N)cc1OC. The normalized spacial score (nSPS) is 9.44. The van der Waals surface area contributed by atoms with Crippen molar-refractivity contribution >= 4 is 17.5 Å². The molecule has 18 heavy (non-hydrogen) atoms. The number of rotatable bonds is 5. The highest BCUT2D eigenvalue weighted by Gasteiger charge is 2.15. The van der Waals surface area contributed by atoms with Gasteiger partial charge in [-0.2, -0.15) is 5.26 Å². The van der Waals surface area contributed by atoms with Gasteiger partial charge in [-0.15, -0.1) is 0 Å². The van der Waals surface area contributed by atoms with Crippen LogP contribution in [0.5, 0.6) is 11.5 Å². The summed E-state index contributed by atoms with van der Waals surface area (Å²) in [5, 5.41) is 11.1. The van der Waals surface area contributed by atoms with Crippen molar-refractivity contribution < 1.29 is 14.3 Å². The first-order chi connectivity index (χ1) is 8.63. The van der Waals surface area contributed by atoms with E-state index in [-0.39, 0.29) is 12.5 Å². The van der Waals surface area contributed by atoms with Gasteiger partial charge in [0.15, 0.2) is 11.5 Å². The van der Waals surface area contributed by atoms with Gasteiger partial charge in [-0.25, -0.2) is 0 Å². The number of halogens is 1. The number of benzene rings is 1. The molecule has 0 atom stereocenters. The molecule has 0 spiro atoms. The van der Waals surface area contributed by atoms with E-state index in [1.54, 1.807) is 0 Å². The molecule has 1 aromatic carbocycles. The fraction of sp³-hybridized carbons (Fsp3) is 0.333. The van der Waals surface area contributed by atoms with Gasteiger partial charge in [0.05, 0.1) is 24.8 Å². The quantitative estimate of drug-likeness (QED) is 0.829. The molecule has 96 valence electrons. The minimum atomic E-state index is -0.389. The Bertz CT molecular complexity index is 483. The highest BCUT2D eigenvalue weighted by molar-refractivity contribution is 6.32. The zero-order valence-corrected chi connectivity index (χ0v) is 10.9. The Hall–Kier alpha value is -1.93. The third-order valence-corrected chi connectivity index (χ3v) is 2.39. The van der Waals surface area contributed by atoms with Crippen molar-refractivity contribution in [2.24, 2.45) is 0 Å². The molecule has 0 fully saturated rings. The Kier molecular flexibility index (Phi) is 5.28. The molecule has 0 aliphatic carbocycles. The maximum atomic E-state index is 11.7. The minimum Gasteiger partial charge on any atom is -0.493 e. The fourth-order valence-corrected chi connectivity index (χ4v) is 1.62. The monoisotopic (exact) mass is 268 g/mol. The maximum absolute atomic E-state index is 11.7. The minimum absolute atomic E-state index is 0.0635. The number of ether oxygens (including phenoxy) is 2. The number of carbonyl (C=O) groups is 1. The molecular weight excluding hydrogens is 256 g/mol. The van der Waals surface area contributed by atoms with E-state index in [1.165, 1.54) is 19.2 Å². The summed E-state index contributed by atoms with van der Waals surface area (Å²) in [6.07, 6.45) is 0. The van der Waals surface area contributed by atoms with Gasteiger partial charge in [-0.05, 0) is 19.1 Å². The molecule has 1 aromatic rings. The van der Waals surface area contributed by atoms with Gasteiger partial charge in [-0.1, -0.05) is 11.6 Å². The number of methoxy groups -OCH3 is 1. The standard InChI is InChI=1S/C12H13ClN2O3/c1-3-18-11-9(13)6-8(7-10(11)17-2)12(16)15-5-4-14/h6-7H,3,5H2,1-2H3,(H,15,16). The molecular formula is C12H13ClN2O3. The molecule has 1 amide bonds. The third-order valence-electron chi connectivity index (χ3n) is 2.11. The lowest BCUT2D eigenvalue weighted by Gasteiger charge is -2.12. The first-order valence-corrected chi connectivity index (χ1v) is 5.67. The molecule has 5 nitrogen and oxygen atoms in total. The summed E-state index contributed by atoms with van der Waals surface area (Å²) in [6.45, 7) is 2.20. The van der Waals surface area contributed by atoms with Crippen molar-refractivity contribution in [3.63, 3.8) is 0 Å². The molecule has 0 saturated carbocycles. The summed E-state index contributed by atoms with van der Waals surface area (Å²) in [5.41, 5.74) is 0.315. The van der Waals surface area contributed by atoms with Crippen LogP contribution in [0, 0.1) is 11.3 Å². The molecule has 0 radical (unpaired) electrons. The Morgan fingerprint density at radius 1 is 1.56 bits per heavy atom. The zero-order chi connectivity index (χ0) is 13.5. The largest absolute Gasteiger partial charge is 0.493 e. The van der Waals surface area contributed by atoms with E-state index >= 15 is 0 Å². The van der Waals surface area contributed by atoms with Crippen LogP contribution in [0.1, 0.15) is 17.3 Å². The molecule has 1 N–H and O–H groups in total. The fourth-order valence-electron chi connectivity index (χ4n) is 1.36. The Morgan fingerprint density at radius 2 is 2.28 bits per heavy atom. The van der Waals surface area contributed by atoms with Gasteiger partial charge in [0.2, 0.25) is 0 Å². The van der Waals surface area contributed by atoms with Crippen molar-refractivity contribution in [3.8, 4) is 17.6 Å². The number of carbonyl (C=O) groups excluding carboxylic acids is 1. The van der Waals surface area contributed by atoms with Crippen LogP contribution in [-0.4, -0.2) is 26.2 Å². The van der Waals surface area contributed by atoms with Crippen molar-refractivity contribution in [3.05, 3.63) is 22.7 Å². The van der Waals surface area contributed by atoms with E-state index < -0.39 is 0 Å². The molecule has 0 saturated heterocycles. The molecule has 6 heteroatoms. The van der Waals surface area contributed by atoms with Crippen LogP contribution in [0.3, 0.4) is 0 Å². The van der Waals surface area contributed by atoms with Gasteiger partial charge >= 0.3 is 0 Å². The summed E-state index contributed by atoms with van der Waals surface area (Å²) in [5.74, 6) is 0.393. The number of nitrogens with zero attached hydrogens (tertiary/aromatic N) is 1. The van der Waals surface area contributed by atoms with Crippen molar-refractivity contribution in [1.29, 1.82) is 5.26 Å². The smallest absolute Gasteiger partial charge is 0.252 e. The summed E-state index contributed by atoms with van der Waals surface area (Å²) >= 11 is 6.02. The number of amides is 1. The number of nitriles is 1. The average Bonchev–Trinajstić information content (AvgIpc) is 2.38. The molecule has 0 aromatic heterocycles. The van der Waals surface area contributed by atoms with Crippen LogP contribution in [0.4, 0.5) is 0 Å².